The van der Waals surface area contributed by atoms with Crippen molar-refractivity contribution in [1.82, 2.24) is 5.32 Å². The van der Waals surface area contributed by atoms with Gasteiger partial charge in [-0.3, -0.25) is 4.79 Å². The summed E-state index contributed by atoms with van der Waals surface area (Å²) in [4.78, 5) is 11.8. The predicted octanol–water partition coefficient (Wildman–Crippen LogP) is 2.38. The van der Waals surface area contributed by atoms with Gasteiger partial charge in [0.25, 0.3) is 0 Å². The number of anilines is 2. The third-order valence-electron chi connectivity index (χ3n) is 2.80. The number of amides is 1. The molecular formula is C15H25N3O2. The van der Waals surface area contributed by atoms with Crippen LogP contribution >= 0.6 is 0 Å². The van der Waals surface area contributed by atoms with Gasteiger partial charge in [-0.15, -0.1) is 0 Å². The normalized spacial score (nSPS) is 11.8. The first kappa shape index (κ1) is 16.1. The minimum absolute atomic E-state index is 0.0142. The Kier molecular flexibility index (Phi) is 6.70. The van der Waals surface area contributed by atoms with E-state index in [1.807, 2.05) is 32.9 Å². The zero-order valence-corrected chi connectivity index (χ0v) is 12.5. The number of benzene rings is 1. The van der Waals surface area contributed by atoms with Crippen LogP contribution in [0.5, 0.6) is 5.75 Å². The maximum Gasteiger partial charge on any atom is 0.242 e. The van der Waals surface area contributed by atoms with Crippen LogP contribution in [0.3, 0.4) is 0 Å². The van der Waals surface area contributed by atoms with E-state index in [4.69, 9.17) is 10.5 Å². The second-order valence-electron chi connectivity index (χ2n) is 4.76. The van der Waals surface area contributed by atoms with E-state index in [0.717, 1.165) is 18.5 Å². The minimum Gasteiger partial charge on any atom is -0.491 e. The summed E-state index contributed by atoms with van der Waals surface area (Å²) in [6, 6.07) is 5.15. The summed E-state index contributed by atoms with van der Waals surface area (Å²) in [5, 5.41) is 6.00. The largest absolute Gasteiger partial charge is 0.491 e. The maximum atomic E-state index is 11.8. The number of hydrogen-bond donors (Lipinski definition) is 3. The minimum atomic E-state index is -0.302. The summed E-state index contributed by atoms with van der Waals surface area (Å²) in [5.74, 6) is 0.637. The zero-order valence-electron chi connectivity index (χ0n) is 12.5. The van der Waals surface area contributed by atoms with Crippen LogP contribution in [0.2, 0.25) is 0 Å². The molecule has 4 N–H and O–H groups in total. The van der Waals surface area contributed by atoms with Gasteiger partial charge in [0.15, 0.2) is 0 Å². The quantitative estimate of drug-likeness (QED) is 0.639. The lowest BCUT2D eigenvalue weighted by molar-refractivity contribution is -0.121. The fourth-order valence-corrected chi connectivity index (χ4v) is 1.68. The van der Waals surface area contributed by atoms with E-state index in [0.29, 0.717) is 24.6 Å². The Morgan fingerprint density at radius 1 is 1.35 bits per heavy atom. The Balaban J connectivity index is 2.65. The molecule has 1 aromatic carbocycles. The molecule has 5 heteroatoms. The molecular weight excluding hydrogens is 254 g/mol. The molecule has 1 atom stereocenters. The number of ether oxygens (including phenoxy) is 1. The molecule has 0 aromatic heterocycles. The zero-order chi connectivity index (χ0) is 15.0. The van der Waals surface area contributed by atoms with Gasteiger partial charge in [0, 0.05) is 18.3 Å². The molecule has 0 saturated heterocycles. The summed E-state index contributed by atoms with van der Waals surface area (Å²) in [7, 11) is 0. The second kappa shape index (κ2) is 8.30. The van der Waals surface area contributed by atoms with Gasteiger partial charge in [0.1, 0.15) is 11.8 Å². The number of hydrogen-bond acceptors (Lipinski definition) is 4. The van der Waals surface area contributed by atoms with Crippen LogP contribution in [0.25, 0.3) is 0 Å². The molecule has 1 aromatic rings. The molecule has 5 nitrogen and oxygen atoms in total. The lowest BCUT2D eigenvalue weighted by Crippen LogP contribution is -2.37. The standard InChI is InChI=1S/C15H25N3O2/c1-4-8-17-15(19)11(3)18-12-6-7-13(16)14(10-12)20-9-5-2/h6-7,10-11,18H,4-5,8-9,16H2,1-3H3,(H,17,19). The molecule has 0 bridgehead atoms. The SMILES string of the molecule is CCCNC(=O)C(C)Nc1ccc(N)c(OCCC)c1. The van der Waals surface area contributed by atoms with Crippen LogP contribution in [0, 0.1) is 0 Å². The van der Waals surface area contributed by atoms with Gasteiger partial charge < -0.3 is 21.1 Å². The number of nitrogens with two attached hydrogens (primary N) is 1. The Bertz CT molecular complexity index is 435. The topological polar surface area (TPSA) is 76.4 Å². The lowest BCUT2D eigenvalue weighted by Gasteiger charge is -2.16. The van der Waals surface area contributed by atoms with Gasteiger partial charge in [-0.1, -0.05) is 13.8 Å². The van der Waals surface area contributed by atoms with Crippen LogP contribution in [0.1, 0.15) is 33.6 Å². The van der Waals surface area contributed by atoms with E-state index >= 15 is 0 Å². The van der Waals surface area contributed by atoms with Crippen LogP contribution in [-0.2, 0) is 4.79 Å². The first-order chi connectivity index (χ1) is 9.58. The van der Waals surface area contributed by atoms with Crippen molar-refractivity contribution in [3.63, 3.8) is 0 Å². The van der Waals surface area contributed by atoms with Crippen molar-refractivity contribution >= 4 is 17.3 Å². The third-order valence-corrected chi connectivity index (χ3v) is 2.80. The molecule has 0 fully saturated rings. The van der Waals surface area contributed by atoms with E-state index in [1.165, 1.54) is 0 Å². The number of carbonyl (C=O) groups excluding carboxylic acids is 1. The first-order valence-electron chi connectivity index (χ1n) is 7.15. The van der Waals surface area contributed by atoms with E-state index in [9.17, 15) is 4.79 Å². The summed E-state index contributed by atoms with van der Waals surface area (Å²) in [6.45, 7) is 7.21. The summed E-state index contributed by atoms with van der Waals surface area (Å²) in [5.41, 5.74) is 7.28. The van der Waals surface area contributed by atoms with Gasteiger partial charge >= 0.3 is 0 Å². The molecule has 0 aliphatic rings. The van der Waals surface area contributed by atoms with Crippen LogP contribution in [-0.4, -0.2) is 25.1 Å². The van der Waals surface area contributed by atoms with Crippen LogP contribution in [0.4, 0.5) is 11.4 Å². The third kappa shape index (κ3) is 4.99. The molecule has 1 rings (SSSR count). The smallest absolute Gasteiger partial charge is 0.242 e. The van der Waals surface area contributed by atoms with E-state index in [1.54, 1.807) is 6.07 Å². The van der Waals surface area contributed by atoms with Crippen LogP contribution < -0.4 is 21.1 Å². The molecule has 0 saturated carbocycles. The lowest BCUT2D eigenvalue weighted by atomic mass is 10.2. The molecule has 0 radical (unpaired) electrons. The van der Waals surface area contributed by atoms with Crippen molar-refractivity contribution in [1.29, 1.82) is 0 Å². The van der Waals surface area contributed by atoms with Crippen molar-refractivity contribution < 1.29 is 9.53 Å². The van der Waals surface area contributed by atoms with Crippen molar-refractivity contribution in [2.24, 2.45) is 0 Å². The van der Waals surface area contributed by atoms with Gasteiger partial charge in [-0.25, -0.2) is 0 Å². The predicted molar refractivity (Wildman–Crippen MR) is 83.0 cm³/mol. The molecule has 0 aliphatic heterocycles. The summed E-state index contributed by atoms with van der Waals surface area (Å²) >= 11 is 0. The molecule has 1 amide bonds. The Labute approximate surface area is 120 Å². The fraction of sp³-hybridized carbons (Fsp3) is 0.533. The summed E-state index contributed by atoms with van der Waals surface area (Å²) < 4.78 is 5.57. The van der Waals surface area contributed by atoms with Crippen molar-refractivity contribution in [2.75, 3.05) is 24.2 Å². The highest BCUT2D eigenvalue weighted by molar-refractivity contribution is 5.84. The van der Waals surface area contributed by atoms with Crippen molar-refractivity contribution in [3.05, 3.63) is 18.2 Å². The highest BCUT2D eigenvalue weighted by Gasteiger charge is 2.12. The molecule has 20 heavy (non-hydrogen) atoms. The first-order valence-corrected chi connectivity index (χ1v) is 7.15. The number of nitrogens with one attached hydrogen (secondary N) is 2. The van der Waals surface area contributed by atoms with Crippen molar-refractivity contribution in [2.45, 2.75) is 39.7 Å². The number of carbonyl (C=O) groups is 1. The molecule has 0 heterocycles. The Morgan fingerprint density at radius 3 is 2.75 bits per heavy atom. The number of nitrogen functional groups attached to an aromatic ring is 1. The molecule has 112 valence electrons. The molecule has 0 aliphatic carbocycles. The Morgan fingerprint density at radius 2 is 2.10 bits per heavy atom. The van der Waals surface area contributed by atoms with Crippen LogP contribution in [0.15, 0.2) is 18.2 Å². The maximum absolute atomic E-state index is 11.8. The number of rotatable bonds is 8. The average Bonchev–Trinajstić information content (AvgIpc) is 2.45. The van der Waals surface area contributed by atoms with E-state index in [-0.39, 0.29) is 11.9 Å². The Hall–Kier alpha value is -1.91. The van der Waals surface area contributed by atoms with Gasteiger partial charge in [0.2, 0.25) is 5.91 Å². The fourth-order valence-electron chi connectivity index (χ4n) is 1.68. The highest BCUT2D eigenvalue weighted by Crippen LogP contribution is 2.26. The monoisotopic (exact) mass is 279 g/mol. The second-order valence-corrected chi connectivity index (χ2v) is 4.76. The van der Waals surface area contributed by atoms with Gasteiger partial charge in [-0.2, -0.15) is 0 Å². The average molecular weight is 279 g/mol. The van der Waals surface area contributed by atoms with Crippen molar-refractivity contribution in [3.8, 4) is 5.75 Å². The van der Waals surface area contributed by atoms with Gasteiger partial charge in [0.05, 0.1) is 12.3 Å². The van der Waals surface area contributed by atoms with E-state index < -0.39 is 0 Å². The molecule has 1 unspecified atom stereocenters. The summed E-state index contributed by atoms with van der Waals surface area (Å²) in [6.07, 6.45) is 1.85. The molecule has 0 spiro atoms. The van der Waals surface area contributed by atoms with Gasteiger partial charge in [-0.05, 0) is 31.9 Å². The van der Waals surface area contributed by atoms with E-state index in [2.05, 4.69) is 10.6 Å². The highest BCUT2D eigenvalue weighted by atomic mass is 16.5.